The molecule has 0 radical (unpaired) electrons. The van der Waals surface area contributed by atoms with Crippen molar-refractivity contribution in [3.63, 3.8) is 0 Å². The van der Waals surface area contributed by atoms with Crippen LogP contribution in [0.2, 0.25) is 0 Å². The van der Waals surface area contributed by atoms with Crippen LogP contribution in [-0.4, -0.2) is 36.6 Å². The first-order valence-electron chi connectivity index (χ1n) is 7.77. The fraction of sp³-hybridized carbons (Fsp3) is 0.562. The smallest absolute Gasteiger partial charge is 0.321 e. The second-order valence-corrected chi connectivity index (χ2v) is 5.96. The highest BCUT2D eigenvalue weighted by molar-refractivity contribution is 5.89. The number of nitrogens with zero attached hydrogens (tertiary/aromatic N) is 1. The Morgan fingerprint density at radius 2 is 1.90 bits per heavy atom. The van der Waals surface area contributed by atoms with E-state index in [9.17, 15) is 9.18 Å². The molecule has 0 spiro atoms. The first kappa shape index (κ1) is 14.3. The van der Waals surface area contributed by atoms with Crippen molar-refractivity contribution in [3.8, 4) is 0 Å². The number of piperidine rings is 1. The van der Waals surface area contributed by atoms with Crippen LogP contribution in [0.5, 0.6) is 0 Å². The van der Waals surface area contributed by atoms with E-state index in [1.807, 2.05) is 4.90 Å². The average molecular weight is 291 g/mol. The molecule has 5 heteroatoms. The minimum absolute atomic E-state index is 0.0839. The van der Waals surface area contributed by atoms with Crippen LogP contribution >= 0.6 is 0 Å². The summed E-state index contributed by atoms with van der Waals surface area (Å²) in [5, 5.41) is 6.39. The molecule has 2 heterocycles. The lowest BCUT2D eigenvalue weighted by atomic mass is 9.89. The topological polar surface area (TPSA) is 44.4 Å². The quantitative estimate of drug-likeness (QED) is 0.880. The number of benzene rings is 1. The fourth-order valence-electron chi connectivity index (χ4n) is 3.35. The minimum atomic E-state index is -0.294. The standard InChI is InChI=1S/C16H22FN3O/c17-13-3-5-14(6-4-13)19-16(21)20-10-7-12(8-11-20)15-2-1-9-18-15/h3-6,12,15,18H,1-2,7-11H2,(H,19,21). The third kappa shape index (κ3) is 3.53. The van der Waals surface area contributed by atoms with E-state index in [0.717, 1.165) is 32.5 Å². The van der Waals surface area contributed by atoms with E-state index in [1.54, 1.807) is 12.1 Å². The minimum Gasteiger partial charge on any atom is -0.325 e. The first-order valence-corrected chi connectivity index (χ1v) is 7.77. The molecule has 2 aliphatic heterocycles. The fourth-order valence-corrected chi connectivity index (χ4v) is 3.35. The third-order valence-electron chi connectivity index (χ3n) is 4.59. The zero-order valence-electron chi connectivity index (χ0n) is 12.1. The van der Waals surface area contributed by atoms with Gasteiger partial charge < -0.3 is 15.5 Å². The number of rotatable bonds is 2. The molecule has 2 fully saturated rings. The molecule has 0 aromatic heterocycles. The molecule has 114 valence electrons. The number of carbonyl (C=O) groups is 1. The summed E-state index contributed by atoms with van der Waals surface area (Å²) in [4.78, 5) is 14.0. The van der Waals surface area contributed by atoms with Gasteiger partial charge in [0, 0.05) is 24.8 Å². The number of urea groups is 1. The monoisotopic (exact) mass is 291 g/mol. The van der Waals surface area contributed by atoms with Crippen molar-refractivity contribution in [1.82, 2.24) is 10.2 Å². The Kier molecular flexibility index (Phi) is 4.39. The molecule has 1 aromatic rings. The number of carbonyl (C=O) groups excluding carboxylic acids is 1. The number of hydrogen-bond donors (Lipinski definition) is 2. The Bertz CT molecular complexity index is 477. The van der Waals surface area contributed by atoms with Gasteiger partial charge in [0.05, 0.1) is 0 Å². The van der Waals surface area contributed by atoms with Crippen molar-refractivity contribution in [2.75, 3.05) is 25.0 Å². The van der Waals surface area contributed by atoms with Gasteiger partial charge in [-0.15, -0.1) is 0 Å². The summed E-state index contributed by atoms with van der Waals surface area (Å²) in [6.45, 7) is 2.74. The predicted octanol–water partition coefficient (Wildman–Crippen LogP) is 2.82. The van der Waals surface area contributed by atoms with Crippen molar-refractivity contribution in [3.05, 3.63) is 30.1 Å². The molecule has 21 heavy (non-hydrogen) atoms. The summed E-state index contributed by atoms with van der Waals surface area (Å²) < 4.78 is 12.8. The summed E-state index contributed by atoms with van der Waals surface area (Å²) in [6.07, 6.45) is 4.67. The van der Waals surface area contributed by atoms with Crippen LogP contribution < -0.4 is 10.6 Å². The van der Waals surface area contributed by atoms with E-state index in [4.69, 9.17) is 0 Å². The Morgan fingerprint density at radius 1 is 1.19 bits per heavy atom. The van der Waals surface area contributed by atoms with E-state index in [2.05, 4.69) is 10.6 Å². The Hall–Kier alpha value is -1.62. The van der Waals surface area contributed by atoms with Crippen molar-refractivity contribution < 1.29 is 9.18 Å². The molecule has 4 nitrogen and oxygen atoms in total. The van der Waals surface area contributed by atoms with Crippen LogP contribution in [0.15, 0.2) is 24.3 Å². The summed E-state index contributed by atoms with van der Waals surface area (Å²) >= 11 is 0. The Labute approximate surface area is 124 Å². The summed E-state index contributed by atoms with van der Waals surface area (Å²) in [6, 6.07) is 6.44. The van der Waals surface area contributed by atoms with Gasteiger partial charge in [0.1, 0.15) is 5.82 Å². The molecule has 1 aromatic carbocycles. The zero-order chi connectivity index (χ0) is 14.7. The molecule has 2 aliphatic rings. The molecule has 3 rings (SSSR count). The maximum atomic E-state index is 12.8. The molecule has 1 unspecified atom stereocenters. The average Bonchev–Trinajstić information content (AvgIpc) is 3.04. The van der Waals surface area contributed by atoms with Gasteiger partial charge in [-0.05, 0) is 62.4 Å². The lowest BCUT2D eigenvalue weighted by Gasteiger charge is -2.34. The number of nitrogens with one attached hydrogen (secondary N) is 2. The molecule has 1 atom stereocenters. The van der Waals surface area contributed by atoms with E-state index in [0.29, 0.717) is 17.6 Å². The van der Waals surface area contributed by atoms with Crippen LogP contribution in [0.25, 0.3) is 0 Å². The summed E-state index contributed by atoms with van der Waals surface area (Å²) in [7, 11) is 0. The lowest BCUT2D eigenvalue weighted by molar-refractivity contribution is 0.170. The van der Waals surface area contributed by atoms with E-state index in [-0.39, 0.29) is 11.8 Å². The van der Waals surface area contributed by atoms with Crippen LogP contribution in [-0.2, 0) is 0 Å². The van der Waals surface area contributed by atoms with Gasteiger partial charge in [-0.2, -0.15) is 0 Å². The van der Waals surface area contributed by atoms with Crippen LogP contribution in [0.3, 0.4) is 0 Å². The highest BCUT2D eigenvalue weighted by Crippen LogP contribution is 2.25. The van der Waals surface area contributed by atoms with Gasteiger partial charge in [-0.3, -0.25) is 0 Å². The molecule has 0 bridgehead atoms. The number of anilines is 1. The molecule has 0 aliphatic carbocycles. The van der Waals surface area contributed by atoms with Gasteiger partial charge >= 0.3 is 6.03 Å². The van der Waals surface area contributed by atoms with Crippen molar-refractivity contribution in [2.45, 2.75) is 31.7 Å². The molecule has 2 saturated heterocycles. The number of hydrogen-bond acceptors (Lipinski definition) is 2. The van der Waals surface area contributed by atoms with Gasteiger partial charge in [-0.25, -0.2) is 9.18 Å². The number of halogens is 1. The zero-order valence-corrected chi connectivity index (χ0v) is 12.1. The number of amides is 2. The molecule has 2 amide bonds. The second kappa shape index (κ2) is 6.43. The van der Waals surface area contributed by atoms with E-state index >= 15 is 0 Å². The SMILES string of the molecule is O=C(Nc1ccc(F)cc1)N1CCC(C2CCCN2)CC1. The van der Waals surface area contributed by atoms with Crippen molar-refractivity contribution in [2.24, 2.45) is 5.92 Å². The van der Waals surface area contributed by atoms with Crippen molar-refractivity contribution in [1.29, 1.82) is 0 Å². The maximum absolute atomic E-state index is 12.8. The van der Waals surface area contributed by atoms with Crippen LogP contribution in [0, 0.1) is 11.7 Å². The lowest BCUT2D eigenvalue weighted by Crippen LogP contribution is -2.44. The molecular weight excluding hydrogens is 269 g/mol. The van der Waals surface area contributed by atoms with E-state index < -0.39 is 0 Å². The summed E-state index contributed by atoms with van der Waals surface area (Å²) in [5.41, 5.74) is 0.640. The normalized spacial score (nSPS) is 23.3. The highest BCUT2D eigenvalue weighted by atomic mass is 19.1. The Balaban J connectivity index is 1.49. The molecular formula is C16H22FN3O. The van der Waals surface area contributed by atoms with Crippen molar-refractivity contribution >= 4 is 11.7 Å². The first-order chi connectivity index (χ1) is 10.2. The van der Waals surface area contributed by atoms with Crippen LogP contribution in [0.1, 0.15) is 25.7 Å². The molecule has 0 saturated carbocycles. The Morgan fingerprint density at radius 3 is 2.52 bits per heavy atom. The largest absolute Gasteiger partial charge is 0.325 e. The van der Waals surface area contributed by atoms with E-state index in [1.165, 1.54) is 25.0 Å². The summed E-state index contributed by atoms with van der Waals surface area (Å²) in [5.74, 6) is 0.403. The molecule has 2 N–H and O–H groups in total. The van der Waals surface area contributed by atoms with Gasteiger partial charge in [0.25, 0.3) is 0 Å². The highest BCUT2D eigenvalue weighted by Gasteiger charge is 2.29. The second-order valence-electron chi connectivity index (χ2n) is 5.96. The van der Waals surface area contributed by atoms with Gasteiger partial charge in [-0.1, -0.05) is 0 Å². The predicted molar refractivity (Wildman–Crippen MR) is 80.7 cm³/mol. The number of likely N-dealkylation sites (tertiary alicyclic amines) is 1. The van der Waals surface area contributed by atoms with Gasteiger partial charge in [0.2, 0.25) is 0 Å². The third-order valence-corrected chi connectivity index (χ3v) is 4.59. The van der Waals surface area contributed by atoms with Gasteiger partial charge in [0.15, 0.2) is 0 Å². The maximum Gasteiger partial charge on any atom is 0.321 e. The van der Waals surface area contributed by atoms with Crippen LogP contribution in [0.4, 0.5) is 14.9 Å².